The summed E-state index contributed by atoms with van der Waals surface area (Å²) in [6, 6.07) is 19.1. The van der Waals surface area contributed by atoms with Crippen molar-refractivity contribution in [1.29, 1.82) is 0 Å². The Labute approximate surface area is 153 Å². The van der Waals surface area contributed by atoms with Crippen LogP contribution in [0.15, 0.2) is 59.0 Å². The van der Waals surface area contributed by atoms with Crippen LogP contribution in [0.5, 0.6) is 0 Å². The lowest BCUT2D eigenvalue weighted by Crippen LogP contribution is -2.02. The van der Waals surface area contributed by atoms with Crippen LogP contribution in [0.2, 0.25) is 0 Å². The summed E-state index contributed by atoms with van der Waals surface area (Å²) >= 11 is 0. The van der Waals surface area contributed by atoms with Gasteiger partial charge < -0.3 is 8.98 Å². The molecule has 0 atom stereocenters. The molecule has 4 aromatic rings. The van der Waals surface area contributed by atoms with Crippen molar-refractivity contribution in [2.24, 2.45) is 0 Å². The van der Waals surface area contributed by atoms with Crippen molar-refractivity contribution in [3.05, 3.63) is 71.6 Å². The molecule has 132 valence electrons. The van der Waals surface area contributed by atoms with Gasteiger partial charge in [0.2, 0.25) is 5.89 Å². The van der Waals surface area contributed by atoms with E-state index in [1.807, 2.05) is 0 Å². The molecule has 0 amide bonds. The van der Waals surface area contributed by atoms with Crippen LogP contribution in [-0.2, 0) is 13.0 Å². The van der Waals surface area contributed by atoms with E-state index in [1.54, 1.807) is 0 Å². The van der Waals surface area contributed by atoms with E-state index < -0.39 is 0 Å². The fourth-order valence-electron chi connectivity index (χ4n) is 3.34. The van der Waals surface area contributed by atoms with Crippen LogP contribution in [0.4, 0.5) is 0 Å². The normalized spacial score (nSPS) is 11.3. The Balaban J connectivity index is 1.77. The standard InChI is InChI=1S/C22H23N3O/c1-3-4-12-21-23-24-22(26-21)20-14-18-10-5-6-11-19(18)25(20)15-17-9-7-8-16(2)13-17/h5-11,13-14H,3-4,12,15H2,1-2H3. The molecule has 0 spiro atoms. The third-order valence-corrected chi connectivity index (χ3v) is 4.66. The van der Waals surface area contributed by atoms with E-state index in [0.29, 0.717) is 11.8 Å². The summed E-state index contributed by atoms with van der Waals surface area (Å²) in [5.74, 6) is 1.31. The maximum atomic E-state index is 5.96. The second-order valence-electron chi connectivity index (χ2n) is 6.77. The second kappa shape index (κ2) is 7.16. The molecule has 2 heterocycles. The lowest BCUT2D eigenvalue weighted by molar-refractivity contribution is 0.492. The van der Waals surface area contributed by atoms with E-state index >= 15 is 0 Å². The van der Waals surface area contributed by atoms with Gasteiger partial charge >= 0.3 is 0 Å². The highest BCUT2D eigenvalue weighted by Crippen LogP contribution is 2.28. The van der Waals surface area contributed by atoms with E-state index in [2.05, 4.69) is 83.2 Å². The average Bonchev–Trinajstić information content (AvgIpc) is 3.25. The van der Waals surface area contributed by atoms with Crippen LogP contribution in [0.3, 0.4) is 0 Å². The molecular formula is C22H23N3O. The highest BCUT2D eigenvalue weighted by molar-refractivity contribution is 5.85. The molecule has 26 heavy (non-hydrogen) atoms. The number of hydrogen-bond donors (Lipinski definition) is 0. The van der Waals surface area contributed by atoms with Gasteiger partial charge in [0.15, 0.2) is 0 Å². The molecule has 0 aliphatic heterocycles. The largest absolute Gasteiger partial charge is 0.419 e. The van der Waals surface area contributed by atoms with Crippen molar-refractivity contribution in [2.75, 3.05) is 0 Å². The zero-order chi connectivity index (χ0) is 17.9. The number of nitrogens with zero attached hydrogens (tertiary/aromatic N) is 3. The Morgan fingerprint density at radius 3 is 2.73 bits per heavy atom. The van der Waals surface area contributed by atoms with Crippen LogP contribution in [0.25, 0.3) is 22.5 Å². The molecule has 0 bridgehead atoms. The number of benzene rings is 2. The lowest BCUT2D eigenvalue weighted by Gasteiger charge is -2.09. The summed E-state index contributed by atoms with van der Waals surface area (Å²) in [5.41, 5.74) is 4.68. The van der Waals surface area contributed by atoms with Gasteiger partial charge in [-0.3, -0.25) is 0 Å². The van der Waals surface area contributed by atoms with Crippen molar-refractivity contribution in [1.82, 2.24) is 14.8 Å². The Morgan fingerprint density at radius 2 is 1.88 bits per heavy atom. The fourth-order valence-corrected chi connectivity index (χ4v) is 3.34. The summed E-state index contributed by atoms with van der Waals surface area (Å²) in [4.78, 5) is 0. The van der Waals surface area contributed by atoms with Gasteiger partial charge in [-0.2, -0.15) is 0 Å². The van der Waals surface area contributed by atoms with Gasteiger partial charge in [0.25, 0.3) is 5.89 Å². The van der Waals surface area contributed by atoms with Crippen molar-refractivity contribution in [3.63, 3.8) is 0 Å². The molecule has 2 aromatic heterocycles. The maximum Gasteiger partial charge on any atom is 0.264 e. The topological polar surface area (TPSA) is 43.9 Å². The van der Waals surface area contributed by atoms with Crippen LogP contribution in [0.1, 0.15) is 36.8 Å². The van der Waals surface area contributed by atoms with E-state index in [9.17, 15) is 0 Å². The van der Waals surface area contributed by atoms with Gasteiger partial charge in [-0.1, -0.05) is 61.4 Å². The predicted octanol–water partition coefficient (Wildman–Crippen LogP) is 5.39. The van der Waals surface area contributed by atoms with Crippen LogP contribution in [-0.4, -0.2) is 14.8 Å². The van der Waals surface area contributed by atoms with E-state index in [1.165, 1.54) is 22.0 Å². The van der Waals surface area contributed by atoms with Crippen LogP contribution >= 0.6 is 0 Å². The Hall–Kier alpha value is -2.88. The minimum Gasteiger partial charge on any atom is -0.419 e. The molecule has 0 N–H and O–H groups in total. The first-order valence-electron chi connectivity index (χ1n) is 9.21. The third-order valence-electron chi connectivity index (χ3n) is 4.66. The van der Waals surface area contributed by atoms with Crippen molar-refractivity contribution >= 4 is 10.9 Å². The number of hydrogen-bond acceptors (Lipinski definition) is 3. The summed E-state index contributed by atoms with van der Waals surface area (Å²) in [7, 11) is 0. The molecular weight excluding hydrogens is 322 g/mol. The smallest absolute Gasteiger partial charge is 0.264 e. The molecule has 0 saturated carbocycles. The number of aromatic nitrogens is 3. The van der Waals surface area contributed by atoms with E-state index in [4.69, 9.17) is 4.42 Å². The third kappa shape index (κ3) is 3.27. The molecule has 0 radical (unpaired) electrons. The number of rotatable bonds is 6. The SMILES string of the molecule is CCCCc1nnc(-c2cc3ccccc3n2Cc2cccc(C)c2)o1. The van der Waals surface area contributed by atoms with Crippen molar-refractivity contribution in [2.45, 2.75) is 39.7 Å². The minimum atomic E-state index is 0.597. The van der Waals surface area contributed by atoms with Gasteiger partial charge in [0, 0.05) is 23.9 Å². The molecule has 0 aliphatic rings. The molecule has 0 unspecified atom stereocenters. The zero-order valence-corrected chi connectivity index (χ0v) is 15.3. The highest BCUT2D eigenvalue weighted by Gasteiger charge is 2.16. The van der Waals surface area contributed by atoms with Gasteiger partial charge in [-0.05, 0) is 31.0 Å². The maximum absolute atomic E-state index is 5.96. The fraction of sp³-hybridized carbons (Fsp3) is 0.273. The number of unbranched alkanes of at least 4 members (excludes halogenated alkanes) is 1. The first-order valence-corrected chi connectivity index (χ1v) is 9.21. The van der Waals surface area contributed by atoms with Gasteiger partial charge in [-0.25, -0.2) is 0 Å². The summed E-state index contributed by atoms with van der Waals surface area (Å²) in [5, 5.41) is 9.73. The molecule has 0 fully saturated rings. The highest BCUT2D eigenvalue weighted by atomic mass is 16.4. The molecule has 4 heteroatoms. The van der Waals surface area contributed by atoms with Crippen molar-refractivity contribution < 1.29 is 4.42 Å². The van der Waals surface area contributed by atoms with Gasteiger partial charge in [0.1, 0.15) is 5.69 Å². The van der Waals surface area contributed by atoms with Gasteiger partial charge in [-0.15, -0.1) is 10.2 Å². The molecule has 0 saturated heterocycles. The summed E-state index contributed by atoms with van der Waals surface area (Å²) in [6.07, 6.45) is 3.01. The Morgan fingerprint density at radius 1 is 1.00 bits per heavy atom. The Bertz CT molecular complexity index is 1030. The number of para-hydroxylation sites is 1. The Kier molecular flexibility index (Phi) is 4.57. The molecule has 4 nitrogen and oxygen atoms in total. The number of fused-ring (bicyclic) bond motifs is 1. The van der Waals surface area contributed by atoms with Crippen molar-refractivity contribution in [3.8, 4) is 11.6 Å². The summed E-state index contributed by atoms with van der Waals surface area (Å²) < 4.78 is 8.23. The molecule has 4 rings (SSSR count). The van der Waals surface area contributed by atoms with Crippen LogP contribution in [0, 0.1) is 6.92 Å². The van der Waals surface area contributed by atoms with Gasteiger partial charge in [0.05, 0.1) is 0 Å². The number of aryl methyl sites for hydroxylation is 2. The second-order valence-corrected chi connectivity index (χ2v) is 6.77. The quantitative estimate of drug-likeness (QED) is 0.470. The van der Waals surface area contributed by atoms with E-state index in [-0.39, 0.29) is 0 Å². The molecule has 2 aromatic carbocycles. The lowest BCUT2D eigenvalue weighted by atomic mass is 10.1. The van der Waals surface area contributed by atoms with E-state index in [0.717, 1.165) is 31.5 Å². The predicted molar refractivity (Wildman–Crippen MR) is 104 cm³/mol. The average molecular weight is 345 g/mol. The monoisotopic (exact) mass is 345 g/mol. The zero-order valence-electron chi connectivity index (χ0n) is 15.3. The minimum absolute atomic E-state index is 0.597. The first kappa shape index (κ1) is 16.6. The summed E-state index contributed by atoms with van der Waals surface area (Å²) in [6.45, 7) is 5.06. The molecule has 0 aliphatic carbocycles. The van der Waals surface area contributed by atoms with Crippen LogP contribution < -0.4 is 0 Å². The first-order chi connectivity index (χ1) is 12.7.